The van der Waals surface area contributed by atoms with Gasteiger partial charge in [-0.3, -0.25) is 4.79 Å². The zero-order valence-electron chi connectivity index (χ0n) is 14.5. The van der Waals surface area contributed by atoms with Crippen molar-refractivity contribution < 1.29 is 13.7 Å². The lowest BCUT2D eigenvalue weighted by Gasteiger charge is -2.32. The number of aromatic nitrogens is 1. The Balaban J connectivity index is 2.52. The quantitative estimate of drug-likeness (QED) is 0.606. The maximum absolute atomic E-state index is 14.7. The fourth-order valence-corrected chi connectivity index (χ4v) is 2.62. The molecule has 2 rings (SSSR count). The van der Waals surface area contributed by atoms with E-state index in [1.807, 2.05) is 33.8 Å². The van der Waals surface area contributed by atoms with Crippen molar-refractivity contribution in [3.63, 3.8) is 0 Å². The summed E-state index contributed by atoms with van der Waals surface area (Å²) >= 11 is 6.16. The molecule has 0 unspecified atom stereocenters. The first-order chi connectivity index (χ1) is 10.9. The summed E-state index contributed by atoms with van der Waals surface area (Å²) in [4.78, 5) is 12.0. The van der Waals surface area contributed by atoms with E-state index in [0.717, 1.165) is 10.6 Å². The lowest BCUT2D eigenvalue weighted by molar-refractivity contribution is 0.00578. The molecular weight excluding hydrogens is 333 g/mol. The van der Waals surface area contributed by atoms with Gasteiger partial charge in [0.2, 0.25) is 0 Å². The van der Waals surface area contributed by atoms with Crippen molar-refractivity contribution in [2.45, 2.75) is 45.8 Å². The molecule has 0 amide bonds. The average molecular weight is 353 g/mol. The summed E-state index contributed by atoms with van der Waals surface area (Å²) in [6.45, 7) is 8.82. The molecule has 1 fully saturated rings. The maximum Gasteiger partial charge on any atom is 0.525 e. The second-order valence-electron chi connectivity index (χ2n) is 6.80. The van der Waals surface area contributed by atoms with Crippen molar-refractivity contribution in [3.8, 4) is 6.07 Å². The number of pyridine rings is 1. The van der Waals surface area contributed by atoms with Crippen LogP contribution in [-0.2, 0) is 16.4 Å². The maximum atomic E-state index is 14.7. The van der Waals surface area contributed by atoms with Crippen molar-refractivity contribution in [1.82, 2.24) is 4.57 Å². The second kappa shape index (κ2) is 6.03. The standard InChI is InChI=1S/C16H19BClFN2O3/c1-9-10(13(18)21(6)14(22)11(9)8-20)7-12(19)17-23-15(2,3)16(4,5)24-17/h7H,1-6H3. The third-order valence-electron chi connectivity index (χ3n) is 4.69. The summed E-state index contributed by atoms with van der Waals surface area (Å²) in [7, 11) is 0.253. The number of rotatable bonds is 2. The largest absolute Gasteiger partial charge is 0.525 e. The number of nitrogens with zero attached hydrogens (tertiary/aromatic N) is 2. The van der Waals surface area contributed by atoms with E-state index in [1.165, 1.54) is 7.05 Å². The van der Waals surface area contributed by atoms with Gasteiger partial charge >= 0.3 is 7.12 Å². The highest BCUT2D eigenvalue weighted by molar-refractivity contribution is 6.54. The van der Waals surface area contributed by atoms with Gasteiger partial charge in [0.15, 0.2) is 0 Å². The normalized spacial score (nSPS) is 19.5. The molecular formula is C16H19BClFN2O3. The van der Waals surface area contributed by atoms with Crippen LogP contribution in [0.25, 0.3) is 6.08 Å². The van der Waals surface area contributed by atoms with E-state index in [1.54, 1.807) is 6.92 Å². The summed E-state index contributed by atoms with van der Waals surface area (Å²) in [5.74, 6) is 0. The average Bonchev–Trinajstić information content (AvgIpc) is 2.70. The van der Waals surface area contributed by atoms with Crippen LogP contribution in [0.3, 0.4) is 0 Å². The Morgan fingerprint density at radius 2 is 1.83 bits per heavy atom. The van der Waals surface area contributed by atoms with Crippen LogP contribution >= 0.6 is 11.6 Å². The Morgan fingerprint density at radius 3 is 2.29 bits per heavy atom. The van der Waals surface area contributed by atoms with Crippen LogP contribution < -0.4 is 5.56 Å². The topological polar surface area (TPSA) is 64.2 Å². The fraction of sp³-hybridized carbons (Fsp3) is 0.500. The van der Waals surface area contributed by atoms with Crippen LogP contribution in [0, 0.1) is 18.3 Å². The molecule has 1 aliphatic heterocycles. The van der Waals surface area contributed by atoms with Crippen LogP contribution in [-0.4, -0.2) is 22.9 Å². The summed E-state index contributed by atoms with van der Waals surface area (Å²) in [6.07, 6.45) is 1.15. The minimum atomic E-state index is -1.17. The fourth-order valence-electron chi connectivity index (χ4n) is 2.35. The van der Waals surface area contributed by atoms with Gasteiger partial charge in [0.05, 0.1) is 11.2 Å². The van der Waals surface area contributed by atoms with Crippen molar-refractivity contribution in [3.05, 3.63) is 37.9 Å². The molecule has 0 radical (unpaired) electrons. The molecule has 0 aliphatic carbocycles. The van der Waals surface area contributed by atoms with Gasteiger partial charge in [-0.1, -0.05) is 11.6 Å². The Morgan fingerprint density at radius 1 is 1.33 bits per heavy atom. The molecule has 1 aromatic rings. The van der Waals surface area contributed by atoms with Gasteiger partial charge in [-0.2, -0.15) is 5.26 Å². The lowest BCUT2D eigenvalue weighted by Crippen LogP contribution is -2.41. The van der Waals surface area contributed by atoms with Crippen LogP contribution in [0.1, 0.15) is 44.4 Å². The molecule has 0 spiro atoms. The van der Waals surface area contributed by atoms with E-state index in [4.69, 9.17) is 26.2 Å². The molecule has 1 aliphatic rings. The first-order valence-corrected chi connectivity index (χ1v) is 7.82. The Labute approximate surface area is 145 Å². The Hall–Kier alpha value is -1.62. The summed E-state index contributed by atoms with van der Waals surface area (Å²) in [5, 5.41) is 9.20. The van der Waals surface area contributed by atoms with Gasteiger partial charge in [-0.25, -0.2) is 4.39 Å². The minimum Gasteiger partial charge on any atom is -0.398 e. The summed E-state index contributed by atoms with van der Waals surface area (Å²) in [5.41, 5.74) is -2.06. The molecule has 0 aromatic carbocycles. The third kappa shape index (κ3) is 2.90. The molecule has 0 saturated carbocycles. The van der Waals surface area contributed by atoms with Crippen LogP contribution in [0.4, 0.5) is 4.39 Å². The van der Waals surface area contributed by atoms with E-state index < -0.39 is 29.6 Å². The van der Waals surface area contributed by atoms with Crippen molar-refractivity contribution in [2.24, 2.45) is 7.05 Å². The highest BCUT2D eigenvalue weighted by atomic mass is 35.5. The van der Waals surface area contributed by atoms with E-state index in [0.29, 0.717) is 5.56 Å². The van der Waals surface area contributed by atoms with Gasteiger partial charge in [0, 0.05) is 12.6 Å². The smallest absolute Gasteiger partial charge is 0.398 e. The second-order valence-corrected chi connectivity index (χ2v) is 7.16. The predicted molar refractivity (Wildman–Crippen MR) is 91.3 cm³/mol. The van der Waals surface area contributed by atoms with Gasteiger partial charge in [-0.05, 0) is 46.3 Å². The third-order valence-corrected chi connectivity index (χ3v) is 5.14. The Kier molecular flexibility index (Phi) is 4.70. The zero-order chi connectivity index (χ0) is 18.4. The molecule has 0 N–H and O–H groups in total. The Bertz CT molecular complexity index is 808. The number of hydrogen-bond acceptors (Lipinski definition) is 4. The van der Waals surface area contributed by atoms with Gasteiger partial charge in [-0.15, -0.1) is 0 Å². The molecule has 1 aromatic heterocycles. The van der Waals surface area contributed by atoms with Crippen molar-refractivity contribution in [1.29, 1.82) is 5.26 Å². The highest BCUT2D eigenvalue weighted by Gasteiger charge is 2.53. The van der Waals surface area contributed by atoms with Gasteiger partial charge in [0.25, 0.3) is 5.56 Å². The molecule has 5 nitrogen and oxygen atoms in total. The number of halogens is 2. The lowest BCUT2D eigenvalue weighted by atomic mass is 9.86. The molecule has 0 bridgehead atoms. The van der Waals surface area contributed by atoms with E-state index in [-0.39, 0.29) is 16.3 Å². The minimum absolute atomic E-state index is 0.0446. The molecule has 128 valence electrons. The molecule has 8 heteroatoms. The van der Waals surface area contributed by atoms with Gasteiger partial charge < -0.3 is 13.9 Å². The van der Waals surface area contributed by atoms with Crippen molar-refractivity contribution >= 4 is 24.8 Å². The van der Waals surface area contributed by atoms with E-state index in [2.05, 4.69) is 0 Å². The number of nitriles is 1. The van der Waals surface area contributed by atoms with Crippen molar-refractivity contribution in [2.75, 3.05) is 0 Å². The zero-order valence-corrected chi connectivity index (χ0v) is 15.3. The first kappa shape index (κ1) is 18.7. The van der Waals surface area contributed by atoms with Gasteiger partial charge in [0.1, 0.15) is 22.5 Å². The summed E-state index contributed by atoms with van der Waals surface area (Å²) in [6, 6.07) is 1.83. The molecule has 24 heavy (non-hydrogen) atoms. The predicted octanol–water partition coefficient (Wildman–Crippen LogP) is 3.16. The highest BCUT2D eigenvalue weighted by Crippen LogP contribution is 2.39. The monoisotopic (exact) mass is 352 g/mol. The molecule has 2 heterocycles. The van der Waals surface area contributed by atoms with E-state index in [9.17, 15) is 9.18 Å². The van der Waals surface area contributed by atoms with E-state index >= 15 is 0 Å². The van der Waals surface area contributed by atoms with Crippen LogP contribution in [0.2, 0.25) is 5.15 Å². The SMILES string of the molecule is Cc1c(C=C(F)B2OC(C)(C)C(C)(C)O2)c(Cl)n(C)c(=O)c1C#N. The number of hydrogen-bond donors (Lipinski definition) is 0. The van der Waals surface area contributed by atoms with Crippen LogP contribution in [0.15, 0.2) is 10.5 Å². The molecule has 0 atom stereocenters. The first-order valence-electron chi connectivity index (χ1n) is 7.45. The van der Waals surface area contributed by atoms with Crippen LogP contribution in [0.5, 0.6) is 0 Å². The summed E-state index contributed by atoms with van der Waals surface area (Å²) < 4.78 is 27.1. The molecule has 1 saturated heterocycles.